The van der Waals surface area contributed by atoms with Gasteiger partial charge in [0.05, 0.1) is 24.9 Å². The highest BCUT2D eigenvalue weighted by atomic mass is 127. The van der Waals surface area contributed by atoms with Crippen molar-refractivity contribution in [3.63, 3.8) is 0 Å². The molecule has 3 aromatic rings. The van der Waals surface area contributed by atoms with Gasteiger partial charge in [-0.1, -0.05) is 17.9 Å². The molecule has 2 amide bonds. The summed E-state index contributed by atoms with van der Waals surface area (Å²) < 4.78 is 40.4. The van der Waals surface area contributed by atoms with E-state index in [2.05, 4.69) is 27.0 Å². The smallest absolute Gasteiger partial charge is 0.547 e. The number of aliphatic hydroxyl groups is 1. The van der Waals surface area contributed by atoms with Crippen LogP contribution in [0.4, 0.5) is 24.1 Å². The van der Waals surface area contributed by atoms with Crippen LogP contribution in [0.5, 0.6) is 0 Å². The van der Waals surface area contributed by atoms with Gasteiger partial charge in [0, 0.05) is 30.4 Å². The lowest BCUT2D eigenvalue weighted by Gasteiger charge is -2.40. The Morgan fingerprint density at radius 3 is 2.57 bits per heavy atom. The lowest BCUT2D eigenvalue weighted by atomic mass is 9.85. The second-order valence-electron chi connectivity index (χ2n) is 10.0. The van der Waals surface area contributed by atoms with E-state index in [1.165, 1.54) is 25.8 Å². The number of urea groups is 1. The Hall–Kier alpha value is -4.22. The Morgan fingerprint density at radius 1 is 1.14 bits per heavy atom. The first-order valence-corrected chi connectivity index (χ1v) is 13.5. The zero-order valence-electron chi connectivity index (χ0n) is 23.9. The van der Waals surface area contributed by atoms with Crippen molar-refractivity contribution in [1.82, 2.24) is 35.0 Å². The standard InChI is InChI=1S/C27H30F2N9O5.HI/c1-3-12-42-26(40)43-18-34-16-31-35(17-34)14-27(41,23-9-4-20(28)13-24(23)29)19(2)36-10-11-37(25(36)39)21-5-7-22(8-6-21)38-15-30-32-33-38;/h4-9,13,15,19,41H,3,10-12,14,17-18H2,1-2H3;1H/q+1;/p-1/t19-,27+;/m1./s1. The highest BCUT2D eigenvalue weighted by Gasteiger charge is 2.48. The number of tetrazole rings is 1. The number of carbonyl (C=O) groups excluding carboxylic acids is 2. The Kier molecular flexibility index (Phi) is 10.4. The van der Waals surface area contributed by atoms with Crippen LogP contribution < -0.4 is 28.9 Å². The minimum Gasteiger partial charge on any atom is -1.00 e. The summed E-state index contributed by atoms with van der Waals surface area (Å²) in [6, 6.07) is 8.52. The number of β-amino-alcohol motifs (C(OH)–C–C–N with tert-alkyl or cyclic N) is 1. The zero-order chi connectivity index (χ0) is 30.6. The monoisotopic (exact) mass is 725 g/mol. The number of hydrogen-bond donors (Lipinski definition) is 1. The normalized spacial score (nSPS) is 16.4. The van der Waals surface area contributed by atoms with Gasteiger partial charge in [0.15, 0.2) is 6.67 Å². The van der Waals surface area contributed by atoms with Gasteiger partial charge in [-0.15, -0.1) is 5.10 Å². The number of hydrogen-bond acceptors (Lipinski definition) is 11. The molecule has 2 atom stereocenters. The van der Waals surface area contributed by atoms with Gasteiger partial charge in [0.2, 0.25) is 6.73 Å². The molecule has 17 heteroatoms. The van der Waals surface area contributed by atoms with E-state index < -0.39 is 35.5 Å². The van der Waals surface area contributed by atoms with E-state index in [4.69, 9.17) is 9.47 Å². The van der Waals surface area contributed by atoms with Crippen LogP contribution in [0.3, 0.4) is 0 Å². The number of aromatic nitrogens is 4. The first-order chi connectivity index (χ1) is 20.7. The Balaban J connectivity index is 0.00000442. The molecule has 0 bridgehead atoms. The predicted molar refractivity (Wildman–Crippen MR) is 147 cm³/mol. The summed E-state index contributed by atoms with van der Waals surface area (Å²) in [4.78, 5) is 29.7. The van der Waals surface area contributed by atoms with Crippen LogP contribution in [0, 0.1) is 11.6 Å². The van der Waals surface area contributed by atoms with Crippen molar-refractivity contribution in [2.45, 2.75) is 31.9 Å². The SMILES string of the molecule is CCCOC(=O)OCN1[C+]=NN(C[C@@](O)(c2ccc(F)cc2F)[C@@H](C)N2CCN(c3ccc(-n4cnnn4)cc3)C2=O)C1.[I-]. The van der Waals surface area contributed by atoms with Gasteiger partial charge in [0.1, 0.15) is 28.7 Å². The maximum Gasteiger partial charge on any atom is 0.547 e. The molecule has 0 aliphatic carbocycles. The summed E-state index contributed by atoms with van der Waals surface area (Å²) in [5.74, 6) is -1.78. The van der Waals surface area contributed by atoms with Gasteiger partial charge in [-0.2, -0.15) is 0 Å². The third-order valence-corrected chi connectivity index (χ3v) is 7.22. The van der Waals surface area contributed by atoms with Crippen LogP contribution >= 0.6 is 0 Å². The molecule has 1 aromatic heterocycles. The van der Waals surface area contributed by atoms with Crippen LogP contribution in [-0.4, -0.2) is 104 Å². The Bertz CT molecular complexity index is 1470. The molecular formula is C27H30F2IN9O5. The fraction of sp³-hybridized carbons (Fsp3) is 0.407. The van der Waals surface area contributed by atoms with Crippen LogP contribution in [0.25, 0.3) is 5.69 Å². The van der Waals surface area contributed by atoms with E-state index in [9.17, 15) is 19.1 Å². The second-order valence-corrected chi connectivity index (χ2v) is 10.0. The largest absolute Gasteiger partial charge is 1.00 e. The highest BCUT2D eigenvalue weighted by molar-refractivity contribution is 5.94. The maximum atomic E-state index is 15.2. The molecule has 0 spiro atoms. The number of anilines is 1. The molecule has 2 aliphatic heterocycles. The van der Waals surface area contributed by atoms with Crippen molar-refractivity contribution in [1.29, 1.82) is 0 Å². The summed E-state index contributed by atoms with van der Waals surface area (Å²) in [7, 11) is 0. The van der Waals surface area contributed by atoms with E-state index in [-0.39, 0.29) is 62.6 Å². The summed E-state index contributed by atoms with van der Waals surface area (Å²) in [6.45, 7) is 3.74. The lowest BCUT2D eigenvalue weighted by Crippen LogP contribution is -3.00. The molecule has 3 heterocycles. The predicted octanol–water partition coefficient (Wildman–Crippen LogP) is -0.621. The molecule has 0 unspecified atom stereocenters. The second kappa shape index (κ2) is 14.0. The van der Waals surface area contributed by atoms with Crippen molar-refractivity contribution < 1.29 is 56.9 Å². The summed E-state index contributed by atoms with van der Waals surface area (Å²) >= 11 is 0. The Morgan fingerprint density at radius 2 is 1.89 bits per heavy atom. The van der Waals surface area contributed by atoms with Gasteiger partial charge in [-0.05, 0) is 54.1 Å². The first kappa shape index (κ1) is 32.7. The fourth-order valence-corrected chi connectivity index (χ4v) is 4.94. The highest BCUT2D eigenvalue weighted by Crippen LogP contribution is 2.35. The minimum atomic E-state index is -2.03. The summed E-state index contributed by atoms with van der Waals surface area (Å²) in [6.07, 6.45) is 3.91. The summed E-state index contributed by atoms with van der Waals surface area (Å²) in [5, 5.41) is 28.7. The Labute approximate surface area is 268 Å². The summed E-state index contributed by atoms with van der Waals surface area (Å²) in [5.41, 5.74) is -0.923. The molecular weight excluding hydrogens is 695 g/mol. The average molecular weight is 725 g/mol. The number of nitrogens with zero attached hydrogens (tertiary/aromatic N) is 9. The molecule has 1 saturated heterocycles. The number of hydrazone groups is 1. The number of ether oxygens (including phenoxy) is 2. The minimum absolute atomic E-state index is 0. The third-order valence-electron chi connectivity index (χ3n) is 7.22. The quantitative estimate of drug-likeness (QED) is 0.155. The number of rotatable bonds is 11. The number of halogens is 3. The molecule has 5 rings (SSSR count). The molecule has 0 radical (unpaired) electrons. The zero-order valence-corrected chi connectivity index (χ0v) is 26.0. The number of amides is 2. The van der Waals surface area contributed by atoms with Gasteiger partial charge in [-0.3, -0.25) is 4.90 Å². The first-order valence-electron chi connectivity index (χ1n) is 13.5. The molecule has 14 nitrogen and oxygen atoms in total. The van der Waals surface area contributed by atoms with Crippen LogP contribution in [0.2, 0.25) is 0 Å². The van der Waals surface area contributed by atoms with E-state index >= 15 is 4.39 Å². The molecule has 1 fully saturated rings. The van der Waals surface area contributed by atoms with Crippen molar-refractivity contribution in [3.8, 4) is 5.69 Å². The third kappa shape index (κ3) is 6.95. The lowest BCUT2D eigenvalue weighted by molar-refractivity contribution is -0.0602. The van der Waals surface area contributed by atoms with Crippen LogP contribution in [0.15, 0.2) is 53.9 Å². The molecule has 2 aromatic carbocycles. The van der Waals surface area contributed by atoms with Gasteiger partial charge >= 0.3 is 18.5 Å². The maximum absolute atomic E-state index is 15.2. The van der Waals surface area contributed by atoms with Gasteiger partial charge < -0.3 is 43.5 Å². The van der Waals surface area contributed by atoms with Crippen LogP contribution in [0.1, 0.15) is 25.8 Å². The van der Waals surface area contributed by atoms with Gasteiger partial charge in [-0.25, -0.2) is 28.1 Å². The van der Waals surface area contributed by atoms with Gasteiger partial charge in [0.25, 0.3) is 0 Å². The fourth-order valence-electron chi connectivity index (χ4n) is 4.94. The van der Waals surface area contributed by atoms with Crippen molar-refractivity contribution in [3.05, 3.63) is 66.0 Å². The van der Waals surface area contributed by atoms with E-state index in [0.29, 0.717) is 30.4 Å². The topological polar surface area (TPSA) is 142 Å². The van der Waals surface area contributed by atoms with E-state index in [1.54, 1.807) is 36.1 Å². The van der Waals surface area contributed by atoms with E-state index in [1.807, 2.05) is 6.92 Å². The van der Waals surface area contributed by atoms with Crippen LogP contribution in [-0.2, 0) is 15.1 Å². The van der Waals surface area contributed by atoms with E-state index in [0.717, 1.165) is 12.1 Å². The molecule has 2 aliphatic rings. The number of carbonyl (C=O) groups is 2. The van der Waals surface area contributed by atoms with Crippen molar-refractivity contribution in [2.24, 2.45) is 5.10 Å². The molecule has 44 heavy (non-hydrogen) atoms. The number of benzene rings is 2. The molecule has 0 saturated carbocycles. The molecule has 1 N–H and O–H groups in total. The molecule has 234 valence electrons. The van der Waals surface area contributed by atoms with Crippen molar-refractivity contribution in [2.75, 3.05) is 44.5 Å². The van der Waals surface area contributed by atoms with Crippen molar-refractivity contribution >= 4 is 24.2 Å². The average Bonchev–Trinajstić information content (AvgIpc) is 3.76.